The Morgan fingerprint density at radius 3 is 2.56 bits per heavy atom. The third-order valence-corrected chi connectivity index (χ3v) is 4.44. The van der Waals surface area contributed by atoms with Gasteiger partial charge in [0.1, 0.15) is 11.3 Å². The minimum Gasteiger partial charge on any atom is -0.497 e. The maximum Gasteiger partial charge on any atom is 0.265 e. The molecule has 0 atom stereocenters. The van der Waals surface area contributed by atoms with Gasteiger partial charge in [0.25, 0.3) is 11.8 Å². The molecule has 2 aromatic rings. The number of hydrogen-bond donors (Lipinski definition) is 1. The van der Waals surface area contributed by atoms with E-state index in [0.717, 1.165) is 22.4 Å². The van der Waals surface area contributed by atoms with Crippen molar-refractivity contribution in [2.75, 3.05) is 13.7 Å². The number of nitrogens with one attached hydrogen (secondary N) is 1. The lowest BCUT2D eigenvalue weighted by molar-refractivity contribution is -0.128. The lowest BCUT2D eigenvalue weighted by atomic mass is 10.0. The number of carbonyl (C=O) groups is 2. The van der Waals surface area contributed by atoms with Crippen LogP contribution in [0.1, 0.15) is 5.56 Å². The van der Waals surface area contributed by atoms with Gasteiger partial charge in [-0.2, -0.15) is 0 Å². The summed E-state index contributed by atoms with van der Waals surface area (Å²) in [6.45, 7) is 3.85. The summed E-state index contributed by atoms with van der Waals surface area (Å²) in [5.41, 5.74) is 2.75. The van der Waals surface area contributed by atoms with Crippen LogP contribution >= 0.6 is 12.2 Å². The van der Waals surface area contributed by atoms with Crippen LogP contribution in [0.15, 0.2) is 66.8 Å². The molecule has 27 heavy (non-hydrogen) atoms. The fraction of sp³-hybridized carbons (Fsp3) is 0.0952. The summed E-state index contributed by atoms with van der Waals surface area (Å²) in [5, 5.41) is 2.63. The van der Waals surface area contributed by atoms with Gasteiger partial charge >= 0.3 is 0 Å². The summed E-state index contributed by atoms with van der Waals surface area (Å²) in [4.78, 5) is 26.2. The lowest BCUT2D eigenvalue weighted by Gasteiger charge is -2.27. The van der Waals surface area contributed by atoms with Crippen LogP contribution in [-0.4, -0.2) is 35.5 Å². The van der Waals surface area contributed by atoms with Gasteiger partial charge in [0, 0.05) is 6.54 Å². The molecule has 6 heteroatoms. The van der Waals surface area contributed by atoms with E-state index in [1.807, 2.05) is 48.5 Å². The van der Waals surface area contributed by atoms with Crippen molar-refractivity contribution < 1.29 is 14.3 Å². The lowest BCUT2D eigenvalue weighted by Crippen LogP contribution is -2.53. The highest BCUT2D eigenvalue weighted by Gasteiger charge is 2.32. The molecule has 1 fully saturated rings. The number of ether oxygens (including phenoxy) is 1. The SMILES string of the molecule is C=CCN1C(=O)/C(=C/c2cccc(-c3ccc(OC)cc3)c2)C(=O)NC1=S. The van der Waals surface area contributed by atoms with E-state index in [0.29, 0.717) is 0 Å². The van der Waals surface area contributed by atoms with E-state index in [2.05, 4.69) is 11.9 Å². The number of benzene rings is 2. The first kappa shape index (κ1) is 18.5. The van der Waals surface area contributed by atoms with E-state index in [4.69, 9.17) is 17.0 Å². The standard InChI is InChI=1S/C21H18N2O3S/c1-3-11-23-20(25)18(19(24)22-21(23)27)13-14-5-4-6-16(12-14)15-7-9-17(26-2)10-8-15/h3-10,12-13H,1,11H2,2H3,(H,22,24,27)/b18-13+. The topological polar surface area (TPSA) is 58.6 Å². The highest BCUT2D eigenvalue weighted by atomic mass is 32.1. The van der Waals surface area contributed by atoms with Crippen molar-refractivity contribution in [3.8, 4) is 16.9 Å². The Balaban J connectivity index is 1.94. The van der Waals surface area contributed by atoms with E-state index < -0.39 is 11.8 Å². The second-order valence-corrected chi connectivity index (χ2v) is 6.26. The summed E-state index contributed by atoms with van der Waals surface area (Å²) in [6.07, 6.45) is 3.13. The van der Waals surface area contributed by atoms with Crippen LogP contribution in [0, 0.1) is 0 Å². The third kappa shape index (κ3) is 3.96. The second-order valence-electron chi connectivity index (χ2n) is 5.88. The average Bonchev–Trinajstić information content (AvgIpc) is 2.69. The number of thiocarbonyl (C=S) groups is 1. The van der Waals surface area contributed by atoms with E-state index >= 15 is 0 Å². The molecule has 136 valence electrons. The van der Waals surface area contributed by atoms with E-state index in [9.17, 15) is 9.59 Å². The summed E-state index contributed by atoms with van der Waals surface area (Å²) in [7, 11) is 1.62. The molecule has 3 rings (SSSR count). The fourth-order valence-electron chi connectivity index (χ4n) is 2.75. The Bertz CT molecular complexity index is 948. The number of rotatable bonds is 5. The van der Waals surface area contributed by atoms with Gasteiger partial charge in [-0.05, 0) is 53.2 Å². The average molecular weight is 378 g/mol. The van der Waals surface area contributed by atoms with E-state index in [1.54, 1.807) is 19.3 Å². The van der Waals surface area contributed by atoms with Gasteiger partial charge in [0.2, 0.25) is 0 Å². The smallest absolute Gasteiger partial charge is 0.265 e. The molecule has 1 aliphatic rings. The first-order valence-electron chi connectivity index (χ1n) is 8.27. The van der Waals surface area contributed by atoms with Gasteiger partial charge in [-0.3, -0.25) is 19.8 Å². The third-order valence-electron chi connectivity index (χ3n) is 4.12. The number of hydrogen-bond acceptors (Lipinski definition) is 4. The van der Waals surface area contributed by atoms with E-state index in [-0.39, 0.29) is 17.2 Å². The zero-order chi connectivity index (χ0) is 19.4. The predicted molar refractivity (Wildman–Crippen MR) is 109 cm³/mol. The van der Waals surface area contributed by atoms with Gasteiger partial charge in [-0.15, -0.1) is 6.58 Å². The molecular formula is C21H18N2O3S. The van der Waals surface area contributed by atoms with Crippen LogP contribution in [0.2, 0.25) is 0 Å². The molecule has 0 aromatic heterocycles. The van der Waals surface area contributed by atoms with Gasteiger partial charge in [-0.25, -0.2) is 0 Å². The first-order valence-corrected chi connectivity index (χ1v) is 8.68. The van der Waals surface area contributed by atoms with Crippen molar-refractivity contribution in [3.05, 3.63) is 72.3 Å². The summed E-state index contributed by atoms with van der Waals surface area (Å²) in [6, 6.07) is 15.3. The molecule has 0 aliphatic carbocycles. The molecule has 0 spiro atoms. The minimum atomic E-state index is -0.500. The van der Waals surface area contributed by atoms with Gasteiger partial charge in [0.15, 0.2) is 5.11 Å². The quantitative estimate of drug-likeness (QED) is 0.376. The molecule has 0 bridgehead atoms. The van der Waals surface area contributed by atoms with Gasteiger partial charge in [-0.1, -0.05) is 36.4 Å². The molecule has 0 unspecified atom stereocenters. The van der Waals surface area contributed by atoms with Crippen LogP contribution in [0.5, 0.6) is 5.75 Å². The zero-order valence-corrected chi connectivity index (χ0v) is 15.6. The number of nitrogens with zero attached hydrogens (tertiary/aromatic N) is 1. The second kappa shape index (κ2) is 7.97. The Kier molecular flexibility index (Phi) is 5.47. The molecule has 0 saturated carbocycles. The number of carbonyl (C=O) groups excluding carboxylic acids is 2. The van der Waals surface area contributed by atoms with Gasteiger partial charge in [0.05, 0.1) is 7.11 Å². The van der Waals surface area contributed by atoms with Crippen LogP contribution in [0.4, 0.5) is 0 Å². The highest BCUT2D eigenvalue weighted by molar-refractivity contribution is 7.80. The van der Waals surface area contributed by atoms with Crippen LogP contribution in [-0.2, 0) is 9.59 Å². The number of amides is 2. The first-order chi connectivity index (χ1) is 13.0. The van der Waals surface area contributed by atoms with Crippen molar-refractivity contribution in [2.24, 2.45) is 0 Å². The summed E-state index contributed by atoms with van der Waals surface area (Å²) in [5.74, 6) is -0.154. The van der Waals surface area contributed by atoms with Crippen LogP contribution in [0.3, 0.4) is 0 Å². The predicted octanol–water partition coefficient (Wildman–Crippen LogP) is 3.17. The maximum absolute atomic E-state index is 12.6. The zero-order valence-electron chi connectivity index (χ0n) is 14.8. The normalized spacial score (nSPS) is 15.7. The largest absolute Gasteiger partial charge is 0.497 e. The molecule has 1 N–H and O–H groups in total. The fourth-order valence-corrected chi connectivity index (χ4v) is 3.00. The van der Waals surface area contributed by atoms with Crippen LogP contribution in [0.25, 0.3) is 17.2 Å². The molecule has 1 heterocycles. The summed E-state index contributed by atoms with van der Waals surface area (Å²) >= 11 is 5.06. The van der Waals surface area contributed by atoms with Gasteiger partial charge < -0.3 is 4.74 Å². The van der Waals surface area contributed by atoms with Crippen molar-refractivity contribution in [1.82, 2.24) is 10.2 Å². The highest BCUT2D eigenvalue weighted by Crippen LogP contribution is 2.24. The Morgan fingerprint density at radius 1 is 1.15 bits per heavy atom. The minimum absolute atomic E-state index is 0.0392. The molecule has 0 radical (unpaired) electrons. The molecule has 5 nitrogen and oxygen atoms in total. The number of methoxy groups -OCH3 is 1. The Hall–Kier alpha value is -3.25. The Morgan fingerprint density at radius 2 is 1.89 bits per heavy atom. The molecule has 1 aliphatic heterocycles. The molecule has 1 saturated heterocycles. The maximum atomic E-state index is 12.6. The molecule has 2 aromatic carbocycles. The van der Waals surface area contributed by atoms with Crippen molar-refractivity contribution >= 4 is 35.2 Å². The Labute approximate surface area is 162 Å². The van der Waals surface area contributed by atoms with Crippen molar-refractivity contribution in [1.29, 1.82) is 0 Å². The van der Waals surface area contributed by atoms with Crippen LogP contribution < -0.4 is 10.1 Å². The molecular weight excluding hydrogens is 360 g/mol. The van der Waals surface area contributed by atoms with Crippen molar-refractivity contribution in [3.63, 3.8) is 0 Å². The molecule has 2 amide bonds. The monoisotopic (exact) mass is 378 g/mol. The van der Waals surface area contributed by atoms with Crippen molar-refractivity contribution in [2.45, 2.75) is 0 Å². The summed E-state index contributed by atoms with van der Waals surface area (Å²) < 4.78 is 5.18. The van der Waals surface area contributed by atoms with E-state index in [1.165, 1.54) is 4.90 Å².